The fourth-order valence-corrected chi connectivity index (χ4v) is 1.44. The topological polar surface area (TPSA) is 23.6 Å². The summed E-state index contributed by atoms with van der Waals surface area (Å²) in [6, 6.07) is 0.133. The number of alkyl halides is 1. The maximum atomic E-state index is 11.3. The zero-order chi connectivity index (χ0) is 8.27. The molecule has 0 aromatic carbocycles. The third kappa shape index (κ3) is 1.77. The van der Waals surface area contributed by atoms with Crippen LogP contribution in [0.4, 0.5) is 4.79 Å². The summed E-state index contributed by atoms with van der Waals surface area (Å²) in [6.07, 6.45) is 0. The van der Waals surface area contributed by atoms with Gasteiger partial charge in [-0.15, -0.1) is 11.6 Å². The standard InChI is InChI=1S/C7H13ClN2O/c1-2-9-5-6-10(4-3-8)7(9)11/h2-6H2,1H3. The number of urea groups is 1. The summed E-state index contributed by atoms with van der Waals surface area (Å²) in [5.41, 5.74) is 0. The molecule has 11 heavy (non-hydrogen) atoms. The van der Waals surface area contributed by atoms with Crippen molar-refractivity contribution < 1.29 is 4.79 Å². The summed E-state index contributed by atoms with van der Waals surface area (Å²) in [4.78, 5) is 14.9. The van der Waals surface area contributed by atoms with E-state index in [1.165, 1.54) is 0 Å². The Hall–Kier alpha value is -0.440. The maximum absolute atomic E-state index is 11.3. The van der Waals surface area contributed by atoms with Gasteiger partial charge in [-0.25, -0.2) is 4.79 Å². The molecule has 0 radical (unpaired) electrons. The highest BCUT2D eigenvalue weighted by Gasteiger charge is 2.25. The van der Waals surface area contributed by atoms with Crippen LogP contribution in [0.3, 0.4) is 0 Å². The van der Waals surface area contributed by atoms with Gasteiger partial charge in [0.2, 0.25) is 0 Å². The van der Waals surface area contributed by atoms with Crippen molar-refractivity contribution in [2.45, 2.75) is 6.92 Å². The van der Waals surface area contributed by atoms with Gasteiger partial charge in [0, 0.05) is 32.1 Å². The molecule has 0 unspecified atom stereocenters. The first-order chi connectivity index (χ1) is 5.29. The molecule has 1 heterocycles. The summed E-state index contributed by atoms with van der Waals surface area (Å²) >= 11 is 5.53. The second-order valence-electron chi connectivity index (χ2n) is 2.54. The first-order valence-electron chi connectivity index (χ1n) is 3.89. The highest BCUT2D eigenvalue weighted by atomic mass is 35.5. The van der Waals surface area contributed by atoms with Crippen LogP contribution >= 0.6 is 11.6 Å². The van der Waals surface area contributed by atoms with Gasteiger partial charge in [-0.1, -0.05) is 0 Å². The maximum Gasteiger partial charge on any atom is 0.320 e. The van der Waals surface area contributed by atoms with E-state index in [0.717, 1.165) is 19.6 Å². The lowest BCUT2D eigenvalue weighted by atomic mass is 10.5. The summed E-state index contributed by atoms with van der Waals surface area (Å²) in [5, 5.41) is 0. The number of carbonyl (C=O) groups is 1. The Labute approximate surface area is 71.9 Å². The molecule has 3 nitrogen and oxygen atoms in total. The Bertz CT molecular complexity index is 151. The Morgan fingerprint density at radius 1 is 1.45 bits per heavy atom. The van der Waals surface area contributed by atoms with Crippen LogP contribution in [0.5, 0.6) is 0 Å². The first-order valence-corrected chi connectivity index (χ1v) is 4.43. The summed E-state index contributed by atoms with van der Waals surface area (Å²) < 4.78 is 0. The predicted molar refractivity (Wildman–Crippen MR) is 44.9 cm³/mol. The lowest BCUT2D eigenvalue weighted by molar-refractivity contribution is 0.195. The Kier molecular flexibility index (Phi) is 3.00. The number of nitrogens with zero attached hydrogens (tertiary/aromatic N) is 2. The van der Waals surface area contributed by atoms with Crippen molar-refractivity contribution in [2.24, 2.45) is 0 Å². The Balaban J connectivity index is 2.42. The van der Waals surface area contributed by atoms with E-state index in [9.17, 15) is 4.79 Å². The largest absolute Gasteiger partial charge is 0.323 e. The normalized spacial score (nSPS) is 18.2. The zero-order valence-corrected chi connectivity index (χ0v) is 7.47. The molecule has 0 saturated carbocycles. The molecule has 1 saturated heterocycles. The van der Waals surface area contributed by atoms with Gasteiger partial charge in [-0.2, -0.15) is 0 Å². The SMILES string of the molecule is CCN1CCN(CCCl)C1=O. The number of likely N-dealkylation sites (N-methyl/N-ethyl adjacent to an activating group) is 1. The van der Waals surface area contributed by atoms with Gasteiger partial charge < -0.3 is 9.80 Å². The van der Waals surface area contributed by atoms with Gasteiger partial charge in [-0.05, 0) is 6.92 Å². The monoisotopic (exact) mass is 176 g/mol. The Morgan fingerprint density at radius 2 is 2.09 bits per heavy atom. The van der Waals surface area contributed by atoms with Crippen molar-refractivity contribution in [1.29, 1.82) is 0 Å². The van der Waals surface area contributed by atoms with E-state index >= 15 is 0 Å². The summed E-state index contributed by atoms with van der Waals surface area (Å²) in [7, 11) is 0. The van der Waals surface area contributed by atoms with Crippen LogP contribution in [0.25, 0.3) is 0 Å². The van der Waals surface area contributed by atoms with Crippen LogP contribution in [0.15, 0.2) is 0 Å². The molecular formula is C7H13ClN2O. The van der Waals surface area contributed by atoms with E-state index in [1.807, 2.05) is 11.8 Å². The molecule has 0 N–H and O–H groups in total. The van der Waals surface area contributed by atoms with E-state index in [2.05, 4.69) is 0 Å². The molecule has 1 rings (SSSR count). The Morgan fingerprint density at radius 3 is 2.55 bits per heavy atom. The van der Waals surface area contributed by atoms with Gasteiger partial charge in [0.1, 0.15) is 0 Å². The van der Waals surface area contributed by atoms with Gasteiger partial charge in [0.25, 0.3) is 0 Å². The molecule has 64 valence electrons. The van der Waals surface area contributed by atoms with Gasteiger partial charge in [0.15, 0.2) is 0 Å². The average molecular weight is 177 g/mol. The molecule has 1 aliphatic heterocycles. The predicted octanol–water partition coefficient (Wildman–Crippen LogP) is 0.983. The van der Waals surface area contributed by atoms with Crippen molar-refractivity contribution in [3.63, 3.8) is 0 Å². The fourth-order valence-electron chi connectivity index (χ4n) is 1.24. The number of rotatable bonds is 3. The minimum absolute atomic E-state index is 0.133. The molecule has 1 fully saturated rings. The molecule has 0 bridgehead atoms. The molecule has 0 aromatic rings. The third-order valence-corrected chi connectivity index (χ3v) is 2.09. The van der Waals surface area contributed by atoms with Crippen LogP contribution in [-0.2, 0) is 0 Å². The zero-order valence-electron chi connectivity index (χ0n) is 6.72. The molecule has 0 aromatic heterocycles. The van der Waals surface area contributed by atoms with Crippen molar-refractivity contribution in [3.05, 3.63) is 0 Å². The van der Waals surface area contributed by atoms with Crippen molar-refractivity contribution >= 4 is 17.6 Å². The smallest absolute Gasteiger partial charge is 0.320 e. The van der Waals surface area contributed by atoms with E-state index < -0.39 is 0 Å². The highest BCUT2D eigenvalue weighted by molar-refractivity contribution is 6.18. The minimum Gasteiger partial charge on any atom is -0.323 e. The van der Waals surface area contributed by atoms with E-state index in [4.69, 9.17) is 11.6 Å². The van der Waals surface area contributed by atoms with Crippen LogP contribution in [0, 0.1) is 0 Å². The molecule has 2 amide bonds. The van der Waals surface area contributed by atoms with Crippen molar-refractivity contribution in [1.82, 2.24) is 9.80 Å². The van der Waals surface area contributed by atoms with Crippen LogP contribution in [0.1, 0.15) is 6.92 Å². The average Bonchev–Trinajstić information content (AvgIpc) is 2.34. The van der Waals surface area contributed by atoms with E-state index in [1.54, 1.807) is 4.90 Å². The van der Waals surface area contributed by atoms with Crippen LogP contribution < -0.4 is 0 Å². The van der Waals surface area contributed by atoms with Crippen LogP contribution in [0.2, 0.25) is 0 Å². The second kappa shape index (κ2) is 3.81. The fraction of sp³-hybridized carbons (Fsp3) is 0.857. The van der Waals surface area contributed by atoms with Crippen molar-refractivity contribution in [2.75, 3.05) is 32.1 Å². The highest BCUT2D eigenvalue weighted by Crippen LogP contribution is 2.07. The van der Waals surface area contributed by atoms with Gasteiger partial charge in [0.05, 0.1) is 0 Å². The summed E-state index contributed by atoms with van der Waals surface area (Å²) in [6.45, 7) is 5.15. The minimum atomic E-state index is 0.133. The van der Waals surface area contributed by atoms with Gasteiger partial charge >= 0.3 is 6.03 Å². The molecule has 1 aliphatic rings. The number of carbonyl (C=O) groups excluding carboxylic acids is 1. The third-order valence-electron chi connectivity index (χ3n) is 1.92. The van der Waals surface area contributed by atoms with E-state index in [-0.39, 0.29) is 6.03 Å². The molecule has 0 aliphatic carbocycles. The number of hydrogen-bond donors (Lipinski definition) is 0. The lowest BCUT2D eigenvalue weighted by Crippen LogP contribution is -2.32. The number of amides is 2. The lowest BCUT2D eigenvalue weighted by Gasteiger charge is -2.15. The van der Waals surface area contributed by atoms with Gasteiger partial charge in [-0.3, -0.25) is 0 Å². The number of halogens is 1. The van der Waals surface area contributed by atoms with Crippen molar-refractivity contribution in [3.8, 4) is 0 Å². The summed E-state index contributed by atoms with van der Waals surface area (Å²) in [5.74, 6) is 0.531. The molecular weight excluding hydrogens is 164 g/mol. The molecule has 4 heteroatoms. The number of hydrogen-bond acceptors (Lipinski definition) is 1. The quantitative estimate of drug-likeness (QED) is 0.589. The van der Waals surface area contributed by atoms with E-state index in [0.29, 0.717) is 12.4 Å². The van der Waals surface area contributed by atoms with Crippen LogP contribution in [-0.4, -0.2) is 47.9 Å². The first kappa shape index (κ1) is 8.65. The second-order valence-corrected chi connectivity index (χ2v) is 2.92. The molecule has 0 atom stereocenters. The molecule has 0 spiro atoms.